The molecule has 0 aliphatic rings. The minimum atomic E-state index is -1.45. The monoisotopic (exact) mass is 581 g/mol. The Kier molecular flexibility index (Phi) is 9.76. The third kappa shape index (κ3) is 7.68. The van der Waals surface area contributed by atoms with Gasteiger partial charge in [0.2, 0.25) is 0 Å². The van der Waals surface area contributed by atoms with Crippen LogP contribution in [0.2, 0.25) is 0 Å². The van der Waals surface area contributed by atoms with Crippen LogP contribution in [0.25, 0.3) is 22.1 Å². The van der Waals surface area contributed by atoms with Gasteiger partial charge in [0.15, 0.2) is 0 Å². The lowest BCUT2D eigenvalue weighted by molar-refractivity contribution is -0.136. The maximum atomic E-state index is 14.2. The zero-order chi connectivity index (χ0) is 29.7. The lowest BCUT2D eigenvalue weighted by Gasteiger charge is -2.27. The highest BCUT2D eigenvalue weighted by Crippen LogP contribution is 2.35. The Morgan fingerprint density at radius 1 is 1.12 bits per heavy atom. The minimum absolute atomic E-state index is 0.140. The molecule has 1 aromatic heterocycles. The Labute approximate surface area is 243 Å². The number of aliphatic carboxylic acids is 1. The second kappa shape index (κ2) is 13.1. The predicted molar refractivity (Wildman–Crippen MR) is 159 cm³/mol. The van der Waals surface area contributed by atoms with Crippen LogP contribution in [0.4, 0.5) is 4.39 Å². The topological polar surface area (TPSA) is 104 Å². The molecule has 0 aliphatic heterocycles. The number of aryl methyl sites for hydroxylation is 1. The Hall–Kier alpha value is -3.37. The standard InChI is InChI=1S/C32H36FNO6S/c1-20-9-10-24(16-30(35)36)29(11-20)39-18-21-12-25-15-26(19-38-5)40-31(25)27(13-21)22-7-6-8-23(14-22)28(17-33)34-41(37)32(2,3)4/h6-15,28,34H,16-19H2,1-5H3,(H,35,36)/t28-,41+/m0/s1. The Balaban J connectivity index is 1.72. The number of nitrogens with one attached hydrogen (secondary N) is 1. The first-order valence-electron chi connectivity index (χ1n) is 13.3. The first kappa shape index (κ1) is 30.6. The summed E-state index contributed by atoms with van der Waals surface area (Å²) in [7, 11) is 1.60. The van der Waals surface area contributed by atoms with Gasteiger partial charge in [-0.25, -0.2) is 4.39 Å². The molecule has 0 saturated heterocycles. The van der Waals surface area contributed by atoms with Gasteiger partial charge in [-0.3, -0.25) is 4.79 Å². The third-order valence-corrected chi connectivity index (χ3v) is 8.14. The lowest BCUT2D eigenvalue weighted by atomic mass is 9.97. The Bertz CT molecular complexity index is 1510. The van der Waals surface area contributed by atoms with Crippen LogP contribution in [-0.4, -0.2) is 34.2 Å². The molecule has 0 aliphatic carbocycles. The van der Waals surface area contributed by atoms with Gasteiger partial charge in [-0.15, -0.1) is 4.72 Å². The van der Waals surface area contributed by atoms with E-state index in [2.05, 4.69) is 4.72 Å². The fourth-order valence-corrected chi connectivity index (χ4v) is 5.27. The van der Waals surface area contributed by atoms with E-state index in [9.17, 15) is 18.8 Å². The van der Waals surface area contributed by atoms with Crippen molar-refractivity contribution in [3.63, 3.8) is 0 Å². The number of alkyl halides is 1. The molecule has 7 nitrogen and oxygen atoms in total. The number of benzene rings is 3. The molecule has 9 heteroatoms. The van der Waals surface area contributed by atoms with Crippen LogP contribution in [0.1, 0.15) is 54.8 Å². The summed E-state index contributed by atoms with van der Waals surface area (Å²) in [4.78, 5) is 11.4. The number of hydrogen-bond donors (Lipinski definition) is 2. The van der Waals surface area contributed by atoms with Crippen LogP contribution in [-0.2, 0) is 40.5 Å². The fourth-order valence-electron chi connectivity index (χ4n) is 4.46. The summed E-state index contributed by atoms with van der Waals surface area (Å²) in [6.07, 6.45) is -0.140. The van der Waals surface area contributed by atoms with Gasteiger partial charge in [-0.05, 0) is 80.3 Å². The van der Waals surface area contributed by atoms with Gasteiger partial charge in [-0.2, -0.15) is 0 Å². The summed E-state index contributed by atoms with van der Waals surface area (Å²) in [5, 5.41) is 10.2. The number of halogens is 1. The average molecular weight is 582 g/mol. The molecule has 0 saturated carbocycles. The molecule has 0 amide bonds. The number of carboxylic acids is 1. The third-order valence-electron chi connectivity index (χ3n) is 6.53. The van der Waals surface area contributed by atoms with Crippen molar-refractivity contribution in [3.05, 3.63) is 88.7 Å². The smallest absolute Gasteiger partial charge is 0.307 e. The summed E-state index contributed by atoms with van der Waals surface area (Å²) in [6, 6.07) is 18.0. The second-order valence-electron chi connectivity index (χ2n) is 11.0. The van der Waals surface area contributed by atoms with E-state index in [4.69, 9.17) is 13.9 Å². The molecule has 0 fully saturated rings. The van der Waals surface area contributed by atoms with E-state index in [0.717, 1.165) is 27.6 Å². The SMILES string of the molecule is COCc1cc2cc(COc3cc(C)ccc3CC(=O)O)cc(-c3cccc([C@H](CF)N[S@+]([O-])C(C)(C)C)c3)c2o1. The number of methoxy groups -OCH3 is 1. The van der Waals surface area contributed by atoms with Crippen molar-refractivity contribution in [1.82, 2.24) is 4.72 Å². The van der Waals surface area contributed by atoms with E-state index in [1.165, 1.54) is 0 Å². The molecule has 3 aromatic carbocycles. The van der Waals surface area contributed by atoms with Crippen molar-refractivity contribution in [2.24, 2.45) is 0 Å². The fraction of sp³-hybridized carbons (Fsp3) is 0.344. The zero-order valence-electron chi connectivity index (χ0n) is 24.0. The molecule has 4 rings (SSSR count). The molecule has 0 radical (unpaired) electrons. The average Bonchev–Trinajstić information content (AvgIpc) is 3.33. The van der Waals surface area contributed by atoms with Crippen molar-refractivity contribution in [1.29, 1.82) is 0 Å². The van der Waals surface area contributed by atoms with Crippen molar-refractivity contribution in [2.45, 2.75) is 58.1 Å². The first-order chi connectivity index (χ1) is 19.5. The van der Waals surface area contributed by atoms with Gasteiger partial charge < -0.3 is 23.6 Å². The number of carboxylic acid groups (broad SMARTS) is 1. The summed E-state index contributed by atoms with van der Waals surface area (Å²) < 4.78 is 46.8. The molecule has 1 heterocycles. The maximum absolute atomic E-state index is 14.2. The van der Waals surface area contributed by atoms with Crippen molar-refractivity contribution in [2.75, 3.05) is 13.8 Å². The maximum Gasteiger partial charge on any atom is 0.307 e. The summed E-state index contributed by atoms with van der Waals surface area (Å²) >= 11 is -1.45. The van der Waals surface area contributed by atoms with Crippen LogP contribution in [0.15, 0.2) is 65.1 Å². The van der Waals surface area contributed by atoms with E-state index in [1.54, 1.807) is 13.2 Å². The minimum Gasteiger partial charge on any atom is -0.598 e. The van der Waals surface area contributed by atoms with Gasteiger partial charge >= 0.3 is 5.97 Å². The number of fused-ring (bicyclic) bond motifs is 1. The van der Waals surface area contributed by atoms with E-state index < -0.39 is 34.8 Å². The Morgan fingerprint density at radius 2 is 1.90 bits per heavy atom. The van der Waals surface area contributed by atoms with Crippen LogP contribution >= 0.6 is 0 Å². The van der Waals surface area contributed by atoms with Gasteiger partial charge in [0.1, 0.15) is 47.8 Å². The van der Waals surface area contributed by atoms with Crippen molar-refractivity contribution < 1.29 is 32.7 Å². The van der Waals surface area contributed by atoms with E-state index in [0.29, 0.717) is 34.8 Å². The van der Waals surface area contributed by atoms with Crippen LogP contribution < -0.4 is 9.46 Å². The van der Waals surface area contributed by atoms with Crippen LogP contribution in [0.5, 0.6) is 5.75 Å². The van der Waals surface area contributed by atoms with Crippen LogP contribution in [0.3, 0.4) is 0 Å². The molecule has 218 valence electrons. The molecule has 2 atom stereocenters. The molecule has 4 aromatic rings. The highest BCUT2D eigenvalue weighted by atomic mass is 32.2. The second-order valence-corrected chi connectivity index (χ2v) is 13.0. The number of rotatable bonds is 12. The summed E-state index contributed by atoms with van der Waals surface area (Å²) in [5.74, 6) is 0.245. The van der Waals surface area contributed by atoms with Crippen molar-refractivity contribution >= 4 is 28.3 Å². The Morgan fingerprint density at radius 3 is 2.59 bits per heavy atom. The van der Waals surface area contributed by atoms with Crippen LogP contribution in [0, 0.1) is 6.92 Å². The lowest BCUT2D eigenvalue weighted by Crippen LogP contribution is -2.41. The van der Waals surface area contributed by atoms with Gasteiger partial charge in [0.05, 0.1) is 6.42 Å². The number of ether oxygens (including phenoxy) is 2. The van der Waals surface area contributed by atoms with E-state index >= 15 is 0 Å². The van der Waals surface area contributed by atoms with Gasteiger partial charge in [0, 0.05) is 35.0 Å². The van der Waals surface area contributed by atoms with E-state index in [-0.39, 0.29) is 13.0 Å². The quantitative estimate of drug-likeness (QED) is 0.177. The summed E-state index contributed by atoms with van der Waals surface area (Å²) in [6.45, 7) is 7.21. The van der Waals surface area contributed by atoms with Crippen molar-refractivity contribution in [3.8, 4) is 16.9 Å². The predicted octanol–water partition coefficient (Wildman–Crippen LogP) is 6.82. The zero-order valence-corrected chi connectivity index (χ0v) is 24.8. The van der Waals surface area contributed by atoms with Gasteiger partial charge in [0.25, 0.3) is 0 Å². The highest BCUT2D eigenvalue weighted by molar-refractivity contribution is 7.90. The molecular weight excluding hydrogens is 545 g/mol. The molecule has 2 N–H and O–H groups in total. The number of hydrogen-bond acceptors (Lipinski definition) is 6. The van der Waals surface area contributed by atoms with Gasteiger partial charge in [-0.1, -0.05) is 30.3 Å². The number of carbonyl (C=O) groups is 1. The van der Waals surface area contributed by atoms with E-state index in [1.807, 2.05) is 82.3 Å². The number of furan rings is 1. The molecule has 0 unspecified atom stereocenters. The summed E-state index contributed by atoms with van der Waals surface area (Å²) in [5.41, 5.74) is 5.32. The normalized spacial score (nSPS) is 13.3. The molecular formula is C32H36FNO6S. The highest BCUT2D eigenvalue weighted by Gasteiger charge is 2.30. The molecule has 0 bridgehead atoms. The molecule has 41 heavy (non-hydrogen) atoms. The largest absolute Gasteiger partial charge is 0.598 e. The first-order valence-corrected chi connectivity index (χ1v) is 14.5. The molecule has 0 spiro atoms.